The minimum Gasteiger partial charge on any atom is -0.396 e. The van der Waals surface area contributed by atoms with Crippen molar-refractivity contribution in [2.45, 2.75) is 18.9 Å². The fourth-order valence-corrected chi connectivity index (χ4v) is 1.72. The van der Waals surface area contributed by atoms with Gasteiger partial charge in [0.15, 0.2) is 0 Å². The molecule has 5 heteroatoms. The summed E-state index contributed by atoms with van der Waals surface area (Å²) in [5.74, 6) is 1.65. The van der Waals surface area contributed by atoms with Crippen molar-refractivity contribution in [2.24, 2.45) is 5.73 Å². The van der Waals surface area contributed by atoms with Crippen LogP contribution >= 0.6 is 11.8 Å². The van der Waals surface area contributed by atoms with E-state index in [-0.39, 0.29) is 12.5 Å². The lowest BCUT2D eigenvalue weighted by Crippen LogP contribution is -2.41. The van der Waals surface area contributed by atoms with Crippen LogP contribution in [-0.2, 0) is 4.79 Å². The number of carbonyl (C=O) groups is 1. The van der Waals surface area contributed by atoms with E-state index in [0.29, 0.717) is 13.0 Å². The van der Waals surface area contributed by atoms with E-state index in [1.165, 1.54) is 0 Å². The predicted molar refractivity (Wildman–Crippen MR) is 64.8 cm³/mol. The summed E-state index contributed by atoms with van der Waals surface area (Å²) in [6.07, 6.45) is 2.94. The SMILES string of the molecule is C=CCC(N)C(=O)NCCSCCCO. The highest BCUT2D eigenvalue weighted by Gasteiger charge is 2.09. The summed E-state index contributed by atoms with van der Waals surface area (Å²) in [7, 11) is 0. The van der Waals surface area contributed by atoms with Crippen molar-refractivity contribution in [1.29, 1.82) is 0 Å². The Morgan fingerprint density at radius 1 is 1.60 bits per heavy atom. The van der Waals surface area contributed by atoms with Crippen LogP contribution in [0.25, 0.3) is 0 Å². The molecule has 0 aliphatic heterocycles. The Kier molecular flexibility index (Phi) is 9.67. The summed E-state index contributed by atoms with van der Waals surface area (Å²) in [6.45, 7) is 4.38. The van der Waals surface area contributed by atoms with E-state index in [9.17, 15) is 4.79 Å². The van der Waals surface area contributed by atoms with Crippen LogP contribution < -0.4 is 11.1 Å². The Hall–Kier alpha value is -0.520. The zero-order chi connectivity index (χ0) is 11.5. The largest absolute Gasteiger partial charge is 0.396 e. The molecule has 15 heavy (non-hydrogen) atoms. The van der Waals surface area contributed by atoms with Gasteiger partial charge >= 0.3 is 0 Å². The Labute approximate surface area is 95.3 Å². The van der Waals surface area contributed by atoms with Gasteiger partial charge in [0.2, 0.25) is 5.91 Å². The maximum Gasteiger partial charge on any atom is 0.237 e. The number of nitrogens with two attached hydrogens (primary N) is 1. The smallest absolute Gasteiger partial charge is 0.237 e. The molecule has 0 aliphatic rings. The number of nitrogens with one attached hydrogen (secondary N) is 1. The van der Waals surface area contributed by atoms with Crippen LogP contribution in [0.3, 0.4) is 0 Å². The van der Waals surface area contributed by atoms with Crippen molar-refractivity contribution in [3.63, 3.8) is 0 Å². The van der Waals surface area contributed by atoms with Gasteiger partial charge in [-0.05, 0) is 18.6 Å². The molecular formula is C10H20N2O2S. The average Bonchev–Trinajstić information content (AvgIpc) is 2.23. The summed E-state index contributed by atoms with van der Waals surface area (Å²) < 4.78 is 0. The summed E-state index contributed by atoms with van der Waals surface area (Å²) >= 11 is 1.71. The molecule has 1 atom stereocenters. The van der Waals surface area contributed by atoms with Crippen LogP contribution in [0.5, 0.6) is 0 Å². The first-order valence-electron chi connectivity index (χ1n) is 5.05. The van der Waals surface area contributed by atoms with Gasteiger partial charge in [-0.1, -0.05) is 6.08 Å². The van der Waals surface area contributed by atoms with Crippen LogP contribution in [0.4, 0.5) is 0 Å². The second-order valence-corrected chi connectivity index (χ2v) is 4.34. The van der Waals surface area contributed by atoms with E-state index in [1.54, 1.807) is 17.8 Å². The van der Waals surface area contributed by atoms with Crippen molar-refractivity contribution < 1.29 is 9.90 Å². The van der Waals surface area contributed by atoms with Gasteiger partial charge in [0.1, 0.15) is 0 Å². The second kappa shape index (κ2) is 10.0. The van der Waals surface area contributed by atoms with Crippen LogP contribution in [0, 0.1) is 0 Å². The van der Waals surface area contributed by atoms with Gasteiger partial charge in [0, 0.05) is 18.9 Å². The summed E-state index contributed by atoms with van der Waals surface area (Å²) in [4.78, 5) is 11.3. The lowest BCUT2D eigenvalue weighted by Gasteiger charge is -2.09. The lowest BCUT2D eigenvalue weighted by molar-refractivity contribution is -0.122. The number of aliphatic hydroxyl groups excluding tert-OH is 1. The third-order valence-corrected chi connectivity index (χ3v) is 2.82. The van der Waals surface area contributed by atoms with Gasteiger partial charge in [-0.25, -0.2) is 0 Å². The molecule has 0 aromatic rings. The number of carbonyl (C=O) groups excluding carboxylic acids is 1. The molecule has 0 heterocycles. The monoisotopic (exact) mass is 232 g/mol. The fourth-order valence-electron chi connectivity index (χ4n) is 0.933. The molecule has 1 unspecified atom stereocenters. The molecule has 4 N–H and O–H groups in total. The van der Waals surface area contributed by atoms with Crippen molar-refractivity contribution in [1.82, 2.24) is 5.32 Å². The zero-order valence-electron chi connectivity index (χ0n) is 8.95. The van der Waals surface area contributed by atoms with Crippen molar-refractivity contribution in [2.75, 3.05) is 24.7 Å². The number of amides is 1. The molecule has 1 amide bonds. The molecule has 4 nitrogen and oxygen atoms in total. The number of thioether (sulfide) groups is 1. The predicted octanol–water partition coefficient (Wildman–Crippen LogP) is 0.122. The average molecular weight is 232 g/mol. The Morgan fingerprint density at radius 2 is 2.33 bits per heavy atom. The maximum atomic E-state index is 11.3. The molecular weight excluding hydrogens is 212 g/mol. The minimum absolute atomic E-state index is 0.127. The fraction of sp³-hybridized carbons (Fsp3) is 0.700. The van der Waals surface area contributed by atoms with Crippen LogP contribution in [0.2, 0.25) is 0 Å². The quantitative estimate of drug-likeness (QED) is 0.390. The highest BCUT2D eigenvalue weighted by atomic mass is 32.2. The first-order valence-corrected chi connectivity index (χ1v) is 6.20. The highest BCUT2D eigenvalue weighted by molar-refractivity contribution is 7.99. The van der Waals surface area contributed by atoms with Gasteiger partial charge in [-0.3, -0.25) is 4.79 Å². The lowest BCUT2D eigenvalue weighted by atomic mass is 10.2. The third kappa shape index (κ3) is 8.47. The molecule has 0 radical (unpaired) electrons. The van der Waals surface area contributed by atoms with Gasteiger partial charge in [-0.15, -0.1) is 6.58 Å². The number of hydrogen-bond donors (Lipinski definition) is 3. The van der Waals surface area contributed by atoms with Gasteiger partial charge in [-0.2, -0.15) is 11.8 Å². The molecule has 0 aromatic carbocycles. The molecule has 0 rings (SSSR count). The van der Waals surface area contributed by atoms with E-state index in [2.05, 4.69) is 11.9 Å². The topological polar surface area (TPSA) is 75.4 Å². The highest BCUT2D eigenvalue weighted by Crippen LogP contribution is 2.00. The molecule has 0 saturated carbocycles. The molecule has 0 spiro atoms. The van der Waals surface area contributed by atoms with Crippen molar-refractivity contribution >= 4 is 17.7 Å². The van der Waals surface area contributed by atoms with E-state index < -0.39 is 6.04 Å². The Bertz CT molecular complexity index is 188. The number of rotatable bonds is 9. The minimum atomic E-state index is -0.482. The maximum absolute atomic E-state index is 11.3. The standard InChI is InChI=1S/C10H20N2O2S/c1-2-4-9(11)10(14)12-5-8-15-7-3-6-13/h2,9,13H,1,3-8,11H2,(H,12,14). The number of hydrogen-bond acceptors (Lipinski definition) is 4. The van der Waals surface area contributed by atoms with E-state index >= 15 is 0 Å². The first-order chi connectivity index (χ1) is 7.22. The molecule has 0 aliphatic carbocycles. The summed E-state index contributed by atoms with van der Waals surface area (Å²) in [5, 5.41) is 11.3. The van der Waals surface area contributed by atoms with Gasteiger partial charge in [0.25, 0.3) is 0 Å². The van der Waals surface area contributed by atoms with Gasteiger partial charge in [0.05, 0.1) is 6.04 Å². The van der Waals surface area contributed by atoms with Crippen LogP contribution in [0.15, 0.2) is 12.7 Å². The van der Waals surface area contributed by atoms with Crippen LogP contribution in [-0.4, -0.2) is 41.7 Å². The molecule has 0 fully saturated rings. The molecule has 0 aromatic heterocycles. The third-order valence-electron chi connectivity index (χ3n) is 1.75. The molecule has 0 saturated heterocycles. The van der Waals surface area contributed by atoms with E-state index in [1.807, 2.05) is 0 Å². The van der Waals surface area contributed by atoms with Crippen LogP contribution in [0.1, 0.15) is 12.8 Å². The Morgan fingerprint density at radius 3 is 2.93 bits per heavy atom. The molecule has 88 valence electrons. The van der Waals surface area contributed by atoms with Crippen molar-refractivity contribution in [3.05, 3.63) is 12.7 Å². The van der Waals surface area contributed by atoms with Gasteiger partial charge < -0.3 is 16.2 Å². The summed E-state index contributed by atoms with van der Waals surface area (Å²) in [6, 6.07) is -0.482. The zero-order valence-corrected chi connectivity index (χ0v) is 9.76. The van der Waals surface area contributed by atoms with E-state index in [4.69, 9.17) is 10.8 Å². The van der Waals surface area contributed by atoms with Crippen molar-refractivity contribution in [3.8, 4) is 0 Å². The summed E-state index contributed by atoms with van der Waals surface area (Å²) in [5.41, 5.74) is 5.57. The molecule has 0 bridgehead atoms. The van der Waals surface area contributed by atoms with E-state index in [0.717, 1.165) is 17.9 Å². The number of aliphatic hydroxyl groups is 1. The second-order valence-electron chi connectivity index (χ2n) is 3.11. The normalized spacial score (nSPS) is 12.1. The first kappa shape index (κ1) is 14.5. The Balaban J connectivity index is 3.34.